The van der Waals surface area contributed by atoms with Gasteiger partial charge in [-0.3, -0.25) is 0 Å². The van der Waals surface area contributed by atoms with Gasteiger partial charge in [0.15, 0.2) is 11.6 Å². The number of aromatic nitrogens is 3. The number of allylic oxidation sites excluding steroid dienone is 1. The number of halogens is 1. The number of benzene rings is 1. The molecule has 1 N–H and O–H groups in total. The highest BCUT2D eigenvalue weighted by atomic mass is 19.1. The van der Waals surface area contributed by atoms with Crippen LogP contribution in [-0.2, 0) is 6.42 Å². The van der Waals surface area contributed by atoms with Gasteiger partial charge in [-0.05, 0) is 37.1 Å². The van der Waals surface area contributed by atoms with Crippen LogP contribution < -0.4 is 10.1 Å². The van der Waals surface area contributed by atoms with Gasteiger partial charge in [0, 0.05) is 11.8 Å². The van der Waals surface area contributed by atoms with E-state index in [1.807, 2.05) is 13.0 Å². The first-order valence-electron chi connectivity index (χ1n) is 8.22. The Hall–Kier alpha value is -3.79. The lowest BCUT2D eigenvalue weighted by Crippen LogP contribution is -1.99. The SMILES string of the molecule is [C-]#[N+]c1c(Nc2ccccn2)ncnc1Oc1ccc2c(c1F)C=C(C)C2. The summed E-state index contributed by atoms with van der Waals surface area (Å²) in [6.07, 6.45) is 5.41. The number of hydrogen-bond acceptors (Lipinski definition) is 5. The standard InChI is InChI=1S/C20H14FN5O/c1-12-9-13-6-7-15(17(21)14(13)10-12)27-20-18(22-2)19(24-11-25-20)26-16-5-3-4-8-23-16/h3-8,10-11H,9H2,1H3,(H,23,24,25,26). The molecule has 1 aromatic carbocycles. The van der Waals surface area contributed by atoms with Crippen molar-refractivity contribution in [3.05, 3.63) is 76.8 Å². The fourth-order valence-electron chi connectivity index (χ4n) is 2.89. The molecule has 4 rings (SSSR count). The molecule has 27 heavy (non-hydrogen) atoms. The molecule has 0 fully saturated rings. The fourth-order valence-corrected chi connectivity index (χ4v) is 2.89. The van der Waals surface area contributed by atoms with E-state index in [2.05, 4.69) is 25.1 Å². The summed E-state index contributed by atoms with van der Waals surface area (Å²) >= 11 is 0. The molecule has 0 unspecified atom stereocenters. The second-order valence-electron chi connectivity index (χ2n) is 6.05. The van der Waals surface area contributed by atoms with E-state index in [0.717, 1.165) is 17.6 Å². The van der Waals surface area contributed by atoms with E-state index in [0.29, 0.717) is 11.4 Å². The monoisotopic (exact) mass is 359 g/mol. The Balaban J connectivity index is 1.69. The summed E-state index contributed by atoms with van der Waals surface area (Å²) in [6.45, 7) is 9.42. The second-order valence-corrected chi connectivity index (χ2v) is 6.05. The summed E-state index contributed by atoms with van der Waals surface area (Å²) in [6, 6.07) is 8.71. The van der Waals surface area contributed by atoms with E-state index in [4.69, 9.17) is 11.3 Å². The zero-order valence-electron chi connectivity index (χ0n) is 14.4. The number of hydrogen-bond donors (Lipinski definition) is 1. The van der Waals surface area contributed by atoms with Crippen LogP contribution in [0.5, 0.6) is 11.6 Å². The van der Waals surface area contributed by atoms with Gasteiger partial charge in [0.2, 0.25) is 5.88 Å². The molecule has 0 amide bonds. The first-order valence-corrected chi connectivity index (χ1v) is 8.22. The van der Waals surface area contributed by atoms with Gasteiger partial charge >= 0.3 is 0 Å². The number of nitrogens with one attached hydrogen (secondary N) is 1. The van der Waals surface area contributed by atoms with Crippen molar-refractivity contribution in [1.29, 1.82) is 0 Å². The Morgan fingerprint density at radius 3 is 2.85 bits per heavy atom. The molecular weight excluding hydrogens is 345 g/mol. The Morgan fingerprint density at radius 1 is 1.19 bits per heavy atom. The topological polar surface area (TPSA) is 64.3 Å². The molecule has 0 aliphatic heterocycles. The largest absolute Gasteiger partial charge is 0.446 e. The van der Waals surface area contributed by atoms with Gasteiger partial charge in [0.05, 0.1) is 6.57 Å². The van der Waals surface area contributed by atoms with E-state index in [1.54, 1.807) is 36.5 Å². The van der Waals surface area contributed by atoms with Crippen LogP contribution in [0.1, 0.15) is 18.1 Å². The van der Waals surface area contributed by atoms with Crippen LogP contribution in [0.25, 0.3) is 10.9 Å². The number of ether oxygens (including phenoxy) is 1. The fraction of sp³-hybridized carbons (Fsp3) is 0.100. The Kier molecular flexibility index (Phi) is 4.22. The van der Waals surface area contributed by atoms with E-state index in [-0.39, 0.29) is 23.1 Å². The van der Waals surface area contributed by atoms with Crippen molar-refractivity contribution in [2.75, 3.05) is 5.32 Å². The van der Waals surface area contributed by atoms with Crippen LogP contribution in [0.4, 0.5) is 21.7 Å². The highest BCUT2D eigenvalue weighted by molar-refractivity contribution is 5.74. The third-order valence-corrected chi connectivity index (χ3v) is 4.11. The molecule has 2 heterocycles. The van der Waals surface area contributed by atoms with E-state index in [1.165, 1.54) is 6.33 Å². The third kappa shape index (κ3) is 3.20. The second kappa shape index (κ2) is 6.84. The molecule has 0 radical (unpaired) electrons. The van der Waals surface area contributed by atoms with Gasteiger partial charge in [-0.25, -0.2) is 24.2 Å². The molecule has 2 aromatic heterocycles. The van der Waals surface area contributed by atoms with Crippen LogP contribution in [0, 0.1) is 12.4 Å². The number of rotatable bonds is 4. The molecule has 0 saturated heterocycles. The average molecular weight is 359 g/mol. The number of pyridine rings is 1. The normalized spacial score (nSPS) is 12.1. The van der Waals surface area contributed by atoms with Gasteiger partial charge in [0.1, 0.15) is 18.0 Å². The summed E-state index contributed by atoms with van der Waals surface area (Å²) in [4.78, 5) is 15.7. The lowest BCUT2D eigenvalue weighted by molar-refractivity contribution is 0.428. The zero-order chi connectivity index (χ0) is 18.8. The van der Waals surface area contributed by atoms with Crippen molar-refractivity contribution in [2.45, 2.75) is 13.3 Å². The van der Waals surface area contributed by atoms with Gasteiger partial charge in [-0.1, -0.05) is 23.8 Å². The molecule has 132 valence electrons. The van der Waals surface area contributed by atoms with E-state index < -0.39 is 5.82 Å². The van der Waals surface area contributed by atoms with Gasteiger partial charge in [-0.15, -0.1) is 0 Å². The Morgan fingerprint density at radius 2 is 2.07 bits per heavy atom. The average Bonchev–Trinajstić information content (AvgIpc) is 3.06. The summed E-state index contributed by atoms with van der Waals surface area (Å²) < 4.78 is 20.4. The van der Waals surface area contributed by atoms with Crippen molar-refractivity contribution in [2.24, 2.45) is 0 Å². The molecule has 1 aliphatic rings. The molecule has 3 aromatic rings. The predicted octanol–water partition coefficient (Wildman–Crippen LogP) is 5.06. The highest BCUT2D eigenvalue weighted by Crippen LogP contribution is 2.39. The van der Waals surface area contributed by atoms with Crippen LogP contribution in [0.15, 0.2) is 48.4 Å². The minimum atomic E-state index is -0.460. The maximum Gasteiger partial charge on any atom is 0.288 e. The minimum absolute atomic E-state index is 0.0176. The van der Waals surface area contributed by atoms with E-state index in [9.17, 15) is 4.39 Å². The maximum absolute atomic E-state index is 14.8. The minimum Gasteiger partial charge on any atom is -0.446 e. The molecule has 0 bridgehead atoms. The Labute approximate surface area is 155 Å². The van der Waals surface area contributed by atoms with Crippen molar-refractivity contribution >= 4 is 23.4 Å². The van der Waals surface area contributed by atoms with Crippen LogP contribution in [0.2, 0.25) is 0 Å². The predicted molar refractivity (Wildman–Crippen MR) is 99.6 cm³/mol. The van der Waals surface area contributed by atoms with Crippen LogP contribution in [0.3, 0.4) is 0 Å². The summed E-state index contributed by atoms with van der Waals surface area (Å²) in [5.41, 5.74) is 2.58. The molecule has 0 spiro atoms. The summed E-state index contributed by atoms with van der Waals surface area (Å²) in [7, 11) is 0. The number of nitrogens with zero attached hydrogens (tertiary/aromatic N) is 4. The van der Waals surface area contributed by atoms with E-state index >= 15 is 0 Å². The van der Waals surface area contributed by atoms with Crippen molar-refractivity contribution < 1.29 is 9.13 Å². The Bertz CT molecular complexity index is 1090. The summed E-state index contributed by atoms with van der Waals surface area (Å²) in [5.74, 6) is 0.309. The first-order chi connectivity index (χ1) is 13.2. The third-order valence-electron chi connectivity index (χ3n) is 4.11. The molecule has 1 aliphatic carbocycles. The van der Waals surface area contributed by atoms with Crippen LogP contribution in [-0.4, -0.2) is 15.0 Å². The highest BCUT2D eigenvalue weighted by Gasteiger charge is 2.20. The van der Waals surface area contributed by atoms with Crippen molar-refractivity contribution in [3.8, 4) is 11.6 Å². The molecular formula is C20H14FN5O. The van der Waals surface area contributed by atoms with Gasteiger partial charge in [0.25, 0.3) is 5.69 Å². The quantitative estimate of drug-likeness (QED) is 0.660. The first kappa shape index (κ1) is 16.7. The maximum atomic E-state index is 14.8. The van der Waals surface area contributed by atoms with Crippen LogP contribution >= 0.6 is 0 Å². The molecule has 0 saturated carbocycles. The van der Waals surface area contributed by atoms with Crippen molar-refractivity contribution in [3.63, 3.8) is 0 Å². The van der Waals surface area contributed by atoms with Gasteiger partial charge < -0.3 is 10.1 Å². The zero-order valence-corrected chi connectivity index (χ0v) is 14.4. The molecule has 6 nitrogen and oxygen atoms in total. The lowest BCUT2D eigenvalue weighted by Gasteiger charge is -2.12. The van der Waals surface area contributed by atoms with Gasteiger partial charge in [-0.2, -0.15) is 0 Å². The number of fused-ring (bicyclic) bond motifs is 1. The smallest absolute Gasteiger partial charge is 0.288 e. The summed E-state index contributed by atoms with van der Waals surface area (Å²) in [5, 5.41) is 2.95. The molecule has 0 atom stereocenters. The molecule has 7 heteroatoms. The van der Waals surface area contributed by atoms with Crippen molar-refractivity contribution in [1.82, 2.24) is 15.0 Å². The lowest BCUT2D eigenvalue weighted by atomic mass is 10.1. The number of anilines is 2.